The second kappa shape index (κ2) is 4.20. The van der Waals surface area contributed by atoms with Gasteiger partial charge in [0, 0.05) is 0 Å². The van der Waals surface area contributed by atoms with E-state index in [0.29, 0.717) is 0 Å². The van der Waals surface area contributed by atoms with Crippen molar-refractivity contribution in [2.75, 3.05) is 0 Å². The fourth-order valence-corrected chi connectivity index (χ4v) is 1.48. The van der Waals surface area contributed by atoms with E-state index in [1.165, 1.54) is 25.1 Å². The summed E-state index contributed by atoms with van der Waals surface area (Å²) < 4.78 is 64.7. The number of ether oxygens (including phenoxy) is 1. The van der Waals surface area contributed by atoms with Crippen LogP contribution in [0.5, 0.6) is 5.75 Å². The van der Waals surface area contributed by atoms with Crippen molar-refractivity contribution in [3.05, 3.63) is 28.2 Å². The van der Waals surface area contributed by atoms with Gasteiger partial charge in [-0.3, -0.25) is 0 Å². The van der Waals surface area contributed by atoms with E-state index in [1.54, 1.807) is 0 Å². The summed E-state index contributed by atoms with van der Waals surface area (Å²) >= 11 is 2.84. The van der Waals surface area contributed by atoms with Crippen molar-refractivity contribution in [3.63, 3.8) is 0 Å². The lowest BCUT2D eigenvalue weighted by Gasteiger charge is -2.21. The highest BCUT2D eigenvalue weighted by Crippen LogP contribution is 2.40. The number of benzene rings is 1. The quantitative estimate of drug-likeness (QED) is 0.741. The molecule has 1 nitrogen and oxygen atoms in total. The highest BCUT2D eigenvalue weighted by Gasteiger charge is 2.61. The molecule has 0 saturated heterocycles. The lowest BCUT2D eigenvalue weighted by Crippen LogP contribution is -2.42. The average Bonchev–Trinajstić information content (AvgIpc) is 2.10. The van der Waals surface area contributed by atoms with Gasteiger partial charge in [-0.25, -0.2) is 0 Å². The van der Waals surface area contributed by atoms with Gasteiger partial charge >= 0.3 is 12.3 Å². The Morgan fingerprint density at radius 2 is 1.69 bits per heavy atom. The summed E-state index contributed by atoms with van der Waals surface area (Å²) in [6.45, 7) is 1.37. The third-order valence-electron chi connectivity index (χ3n) is 1.72. The van der Waals surface area contributed by atoms with Crippen LogP contribution >= 0.6 is 15.9 Å². The number of aryl methyl sites for hydroxylation is 1. The normalized spacial score (nSPS) is 12.7. The van der Waals surface area contributed by atoms with Crippen LogP contribution in [0.2, 0.25) is 0 Å². The Labute approximate surface area is 96.3 Å². The summed E-state index contributed by atoms with van der Waals surface area (Å²) in [5.74, 6) is -0.523. The molecule has 1 aromatic rings. The molecule has 1 aromatic carbocycles. The van der Waals surface area contributed by atoms with Gasteiger partial charge in [-0.1, -0.05) is 12.1 Å². The molecule has 0 amide bonds. The molecule has 1 rings (SSSR count). The zero-order valence-electron chi connectivity index (χ0n) is 7.91. The number of rotatable bonds is 2. The van der Waals surface area contributed by atoms with Gasteiger partial charge < -0.3 is 4.74 Å². The maximum absolute atomic E-state index is 12.6. The molecule has 0 atom stereocenters. The average molecular weight is 305 g/mol. The molecule has 0 spiro atoms. The predicted molar refractivity (Wildman–Crippen MR) is 50.5 cm³/mol. The van der Waals surface area contributed by atoms with E-state index < -0.39 is 18.0 Å². The fourth-order valence-electron chi connectivity index (χ4n) is 0.932. The Balaban J connectivity index is 3.06. The molecule has 0 N–H and O–H groups in total. The Hall–Kier alpha value is -0.850. The molecule has 0 saturated carbocycles. The first-order chi connectivity index (χ1) is 7.15. The van der Waals surface area contributed by atoms with Crippen LogP contribution in [0.1, 0.15) is 5.56 Å². The van der Waals surface area contributed by atoms with E-state index in [2.05, 4.69) is 20.7 Å². The summed E-state index contributed by atoms with van der Waals surface area (Å²) in [5, 5.41) is 0. The first kappa shape index (κ1) is 13.2. The monoisotopic (exact) mass is 304 g/mol. The van der Waals surface area contributed by atoms with Crippen LogP contribution in [0.15, 0.2) is 22.7 Å². The van der Waals surface area contributed by atoms with Crippen molar-refractivity contribution in [1.82, 2.24) is 0 Å². The van der Waals surface area contributed by atoms with Gasteiger partial charge in [0.2, 0.25) is 0 Å². The van der Waals surface area contributed by atoms with Gasteiger partial charge in [-0.2, -0.15) is 22.0 Å². The molecule has 0 aliphatic carbocycles. The summed E-state index contributed by atoms with van der Waals surface area (Å²) in [7, 11) is 0. The van der Waals surface area contributed by atoms with E-state index in [4.69, 9.17) is 0 Å². The Morgan fingerprint density at radius 1 is 1.12 bits per heavy atom. The van der Waals surface area contributed by atoms with Gasteiger partial charge in [0.1, 0.15) is 5.75 Å². The number of hydrogen-bond acceptors (Lipinski definition) is 1. The standard InChI is InChI=1S/C9H6BrF5O/c1-5-3-2-4-6(10)7(5)16-9(14,15)8(11,12)13/h2-4H,1H3. The van der Waals surface area contributed by atoms with Crippen molar-refractivity contribution in [3.8, 4) is 5.75 Å². The zero-order valence-corrected chi connectivity index (χ0v) is 9.49. The lowest BCUT2D eigenvalue weighted by atomic mass is 10.2. The molecule has 0 aliphatic heterocycles. The lowest BCUT2D eigenvalue weighted by molar-refractivity contribution is -0.360. The highest BCUT2D eigenvalue weighted by molar-refractivity contribution is 9.10. The Morgan fingerprint density at radius 3 is 2.12 bits per heavy atom. The molecule has 7 heteroatoms. The summed E-state index contributed by atoms with van der Waals surface area (Å²) in [5.41, 5.74) is 0.179. The highest BCUT2D eigenvalue weighted by atomic mass is 79.9. The summed E-state index contributed by atoms with van der Waals surface area (Å²) in [4.78, 5) is 0. The molecule has 0 bridgehead atoms. The van der Waals surface area contributed by atoms with Gasteiger partial charge in [-0.05, 0) is 34.5 Å². The van der Waals surface area contributed by atoms with E-state index in [9.17, 15) is 22.0 Å². The second-order valence-electron chi connectivity index (χ2n) is 3.00. The van der Waals surface area contributed by atoms with E-state index in [-0.39, 0.29) is 10.0 Å². The van der Waals surface area contributed by atoms with Gasteiger partial charge in [0.15, 0.2) is 0 Å². The van der Waals surface area contributed by atoms with Crippen molar-refractivity contribution in [1.29, 1.82) is 0 Å². The first-order valence-corrected chi connectivity index (χ1v) is 4.83. The third kappa shape index (κ3) is 2.63. The Kier molecular flexibility index (Phi) is 3.47. The van der Waals surface area contributed by atoms with Gasteiger partial charge in [0.05, 0.1) is 4.47 Å². The zero-order chi connectivity index (χ0) is 12.6. The maximum atomic E-state index is 12.6. The van der Waals surface area contributed by atoms with Crippen LogP contribution < -0.4 is 4.74 Å². The van der Waals surface area contributed by atoms with Crippen LogP contribution in [0.3, 0.4) is 0 Å². The molecule has 0 unspecified atom stereocenters. The second-order valence-corrected chi connectivity index (χ2v) is 3.86. The third-order valence-corrected chi connectivity index (χ3v) is 2.35. The molecular weight excluding hydrogens is 299 g/mol. The van der Waals surface area contributed by atoms with Crippen molar-refractivity contribution >= 4 is 15.9 Å². The summed E-state index contributed by atoms with van der Waals surface area (Å²) in [6, 6.07) is 4.18. The number of alkyl halides is 5. The first-order valence-electron chi connectivity index (χ1n) is 4.04. The smallest absolute Gasteiger partial charge is 0.424 e. The van der Waals surface area contributed by atoms with Crippen LogP contribution in [-0.4, -0.2) is 12.3 Å². The Bertz CT molecular complexity index is 368. The molecule has 0 heterocycles. The molecule has 90 valence electrons. The van der Waals surface area contributed by atoms with Crippen molar-refractivity contribution < 1.29 is 26.7 Å². The SMILES string of the molecule is Cc1cccc(Br)c1OC(F)(F)C(F)(F)F. The number of hydrogen-bond donors (Lipinski definition) is 0. The van der Waals surface area contributed by atoms with Crippen LogP contribution in [0, 0.1) is 6.92 Å². The van der Waals surface area contributed by atoms with E-state index >= 15 is 0 Å². The minimum Gasteiger partial charge on any atom is -0.424 e. The minimum absolute atomic E-state index is 0.0384. The number of halogens is 6. The van der Waals surface area contributed by atoms with Gasteiger partial charge in [0.25, 0.3) is 0 Å². The predicted octanol–water partition coefficient (Wildman–Crippen LogP) is 4.29. The largest absolute Gasteiger partial charge is 0.499 e. The molecule has 0 fully saturated rings. The minimum atomic E-state index is -5.74. The van der Waals surface area contributed by atoms with Crippen molar-refractivity contribution in [2.45, 2.75) is 19.2 Å². The van der Waals surface area contributed by atoms with E-state index in [0.717, 1.165) is 0 Å². The molecule has 0 aliphatic rings. The van der Waals surface area contributed by atoms with Crippen LogP contribution in [0.4, 0.5) is 22.0 Å². The summed E-state index contributed by atoms with van der Waals surface area (Å²) in [6.07, 6.45) is -10.9. The van der Waals surface area contributed by atoms with Crippen LogP contribution in [-0.2, 0) is 0 Å². The molecular formula is C9H6BrF5O. The fraction of sp³-hybridized carbons (Fsp3) is 0.333. The van der Waals surface area contributed by atoms with Gasteiger partial charge in [-0.15, -0.1) is 0 Å². The molecule has 0 radical (unpaired) electrons. The van der Waals surface area contributed by atoms with E-state index in [1.807, 2.05) is 0 Å². The molecule has 0 aromatic heterocycles. The van der Waals surface area contributed by atoms with Crippen molar-refractivity contribution in [2.24, 2.45) is 0 Å². The van der Waals surface area contributed by atoms with Crippen LogP contribution in [0.25, 0.3) is 0 Å². The maximum Gasteiger partial charge on any atom is 0.499 e. The molecule has 16 heavy (non-hydrogen) atoms. The number of para-hydroxylation sites is 1. The topological polar surface area (TPSA) is 9.23 Å².